The first-order chi connectivity index (χ1) is 12.1. The number of hydrogen-bond acceptors (Lipinski definition) is 2. The van der Waals surface area contributed by atoms with E-state index in [1.807, 2.05) is 0 Å². The highest BCUT2D eigenvalue weighted by atomic mass is 35.5. The molecule has 1 N–H and O–H groups in total. The molecule has 2 aromatic carbocycles. The van der Waals surface area contributed by atoms with Gasteiger partial charge in [-0.05, 0) is 25.1 Å². The molecule has 0 spiro atoms. The lowest BCUT2D eigenvalue weighted by atomic mass is 9.99. The molecule has 26 heavy (non-hydrogen) atoms. The lowest BCUT2D eigenvalue weighted by Gasteiger charge is -2.13. The Kier molecular flexibility index (Phi) is 4.44. The molecule has 3 aromatic rings. The Morgan fingerprint density at radius 1 is 1.15 bits per heavy atom. The van der Waals surface area contributed by atoms with Crippen LogP contribution in [0.1, 0.15) is 11.3 Å². The van der Waals surface area contributed by atoms with Gasteiger partial charge in [-0.3, -0.25) is 4.79 Å². The molecule has 0 fully saturated rings. The quantitative estimate of drug-likeness (QED) is 0.606. The summed E-state index contributed by atoms with van der Waals surface area (Å²) >= 11 is 6.04. The van der Waals surface area contributed by atoms with Gasteiger partial charge in [-0.25, -0.2) is 4.39 Å². The number of alkyl halides is 3. The maximum Gasteiger partial charge on any atom is 0.416 e. The van der Waals surface area contributed by atoms with Crippen LogP contribution in [0.15, 0.2) is 35.1 Å². The molecule has 0 radical (unpaired) electrons. The van der Waals surface area contributed by atoms with E-state index in [2.05, 4.69) is 4.98 Å². The molecule has 3 nitrogen and oxygen atoms in total. The van der Waals surface area contributed by atoms with Crippen molar-refractivity contribution in [3.63, 3.8) is 0 Å². The molecule has 0 saturated heterocycles. The molecule has 0 aliphatic heterocycles. The smallest absolute Gasteiger partial charge is 0.416 e. The summed E-state index contributed by atoms with van der Waals surface area (Å²) in [4.78, 5) is 15.8. The third kappa shape index (κ3) is 3.03. The number of H-pyrrole nitrogens is 1. The average molecular weight is 386 g/mol. The van der Waals surface area contributed by atoms with Gasteiger partial charge in [0, 0.05) is 22.7 Å². The van der Waals surface area contributed by atoms with E-state index in [4.69, 9.17) is 16.3 Å². The molecule has 136 valence electrons. The largest absolute Gasteiger partial charge is 0.495 e. The summed E-state index contributed by atoms with van der Waals surface area (Å²) in [6.07, 6.45) is -4.67. The maximum absolute atomic E-state index is 14.3. The van der Waals surface area contributed by atoms with Crippen LogP contribution in [0.2, 0.25) is 5.02 Å². The molecule has 0 saturated carbocycles. The van der Waals surface area contributed by atoms with Crippen LogP contribution in [0.25, 0.3) is 22.0 Å². The number of aromatic amines is 1. The van der Waals surface area contributed by atoms with Crippen LogP contribution >= 0.6 is 11.6 Å². The Morgan fingerprint density at radius 2 is 1.85 bits per heavy atom. The number of fused-ring (bicyclic) bond motifs is 1. The summed E-state index contributed by atoms with van der Waals surface area (Å²) < 4.78 is 57.6. The predicted octanol–water partition coefficient (Wildman–Crippen LogP) is 5.32. The molecule has 0 unspecified atom stereocenters. The number of benzene rings is 2. The summed E-state index contributed by atoms with van der Waals surface area (Å²) in [6, 6.07) is 4.97. The number of rotatable bonds is 2. The van der Waals surface area contributed by atoms with E-state index in [0.717, 1.165) is 12.1 Å². The van der Waals surface area contributed by atoms with Gasteiger partial charge < -0.3 is 9.72 Å². The van der Waals surface area contributed by atoms with Crippen molar-refractivity contribution in [2.45, 2.75) is 13.1 Å². The second kappa shape index (κ2) is 6.32. The first-order valence-corrected chi connectivity index (χ1v) is 7.78. The zero-order valence-electron chi connectivity index (χ0n) is 13.6. The molecule has 8 heteroatoms. The topological polar surface area (TPSA) is 42.1 Å². The summed E-state index contributed by atoms with van der Waals surface area (Å²) in [5.41, 5.74) is -1.20. The SMILES string of the molecule is COc1cc2[nH]c(C)c(-c3ccc(C(F)(F)F)cc3F)c(=O)c2cc1Cl. The van der Waals surface area contributed by atoms with E-state index in [9.17, 15) is 22.4 Å². The van der Waals surface area contributed by atoms with E-state index in [-0.39, 0.29) is 21.5 Å². The molecule has 0 amide bonds. The fraction of sp³-hybridized carbons (Fsp3) is 0.167. The standard InChI is InChI=1S/C18H12ClF4NO2/c1-8-16(10-4-3-9(5-13(10)20)18(21,22)23)17(25)11-6-12(19)15(26-2)7-14(11)24-8/h3-7H,1-2H3,(H,24,25). The summed E-state index contributed by atoms with van der Waals surface area (Å²) in [6.45, 7) is 1.54. The third-order valence-corrected chi connectivity index (χ3v) is 4.32. The number of methoxy groups -OCH3 is 1. The second-order valence-electron chi connectivity index (χ2n) is 5.68. The van der Waals surface area contributed by atoms with Crippen LogP contribution in [-0.2, 0) is 6.18 Å². The van der Waals surface area contributed by atoms with Crippen LogP contribution in [0.3, 0.4) is 0 Å². The normalized spacial score (nSPS) is 11.8. The van der Waals surface area contributed by atoms with Gasteiger partial charge in [0.05, 0.1) is 28.8 Å². The van der Waals surface area contributed by atoms with Gasteiger partial charge >= 0.3 is 6.18 Å². The first-order valence-electron chi connectivity index (χ1n) is 7.40. The molecule has 0 aliphatic rings. The fourth-order valence-electron chi connectivity index (χ4n) is 2.79. The minimum absolute atomic E-state index is 0.0510. The van der Waals surface area contributed by atoms with Crippen LogP contribution in [0.4, 0.5) is 17.6 Å². The minimum Gasteiger partial charge on any atom is -0.495 e. The monoisotopic (exact) mass is 385 g/mol. The van der Waals surface area contributed by atoms with Crippen molar-refractivity contribution >= 4 is 22.5 Å². The zero-order valence-corrected chi connectivity index (χ0v) is 14.3. The van der Waals surface area contributed by atoms with Crippen molar-refractivity contribution in [1.29, 1.82) is 0 Å². The number of hydrogen-bond donors (Lipinski definition) is 1. The van der Waals surface area contributed by atoms with Crippen molar-refractivity contribution in [2.24, 2.45) is 0 Å². The van der Waals surface area contributed by atoms with E-state index in [1.54, 1.807) is 0 Å². The molecule has 3 rings (SSSR count). The number of nitrogens with one attached hydrogen (secondary N) is 1. The van der Waals surface area contributed by atoms with Crippen molar-refractivity contribution in [2.75, 3.05) is 7.11 Å². The molecule has 1 heterocycles. The second-order valence-corrected chi connectivity index (χ2v) is 6.09. The number of aromatic nitrogens is 1. The molecule has 1 aromatic heterocycles. The summed E-state index contributed by atoms with van der Waals surface area (Å²) in [5.74, 6) is -0.782. The molecular weight excluding hydrogens is 374 g/mol. The van der Waals surface area contributed by atoms with Crippen LogP contribution in [-0.4, -0.2) is 12.1 Å². The van der Waals surface area contributed by atoms with Gasteiger partial charge in [-0.2, -0.15) is 13.2 Å². The number of aryl methyl sites for hydroxylation is 1. The van der Waals surface area contributed by atoms with Gasteiger partial charge in [0.25, 0.3) is 0 Å². The van der Waals surface area contributed by atoms with Crippen LogP contribution in [0, 0.1) is 12.7 Å². The molecular formula is C18H12ClF4NO2. The van der Waals surface area contributed by atoms with Gasteiger partial charge in [0.15, 0.2) is 5.43 Å². The van der Waals surface area contributed by atoms with Gasteiger partial charge in [0.2, 0.25) is 0 Å². The van der Waals surface area contributed by atoms with Gasteiger partial charge in [-0.1, -0.05) is 17.7 Å². The lowest BCUT2D eigenvalue weighted by Crippen LogP contribution is -2.12. The maximum atomic E-state index is 14.3. The number of halogens is 5. The van der Waals surface area contributed by atoms with E-state index >= 15 is 0 Å². The highest BCUT2D eigenvalue weighted by Gasteiger charge is 2.31. The Bertz CT molecular complexity index is 1070. The van der Waals surface area contributed by atoms with Crippen molar-refractivity contribution in [3.05, 3.63) is 62.7 Å². The Balaban J connectivity index is 2.28. The summed E-state index contributed by atoms with van der Waals surface area (Å²) in [7, 11) is 1.42. The minimum atomic E-state index is -4.67. The van der Waals surface area contributed by atoms with Crippen LogP contribution in [0.5, 0.6) is 5.75 Å². The number of ether oxygens (including phenoxy) is 1. The van der Waals surface area contributed by atoms with Crippen molar-refractivity contribution in [3.8, 4) is 16.9 Å². The number of pyridine rings is 1. The highest BCUT2D eigenvalue weighted by molar-refractivity contribution is 6.32. The van der Waals surface area contributed by atoms with Crippen LogP contribution < -0.4 is 10.2 Å². The first kappa shape index (κ1) is 18.3. The lowest BCUT2D eigenvalue weighted by molar-refractivity contribution is -0.137. The van der Waals surface area contributed by atoms with E-state index < -0.39 is 23.0 Å². The Labute approximate surface area is 150 Å². The highest BCUT2D eigenvalue weighted by Crippen LogP contribution is 2.34. The fourth-order valence-corrected chi connectivity index (χ4v) is 3.03. The van der Waals surface area contributed by atoms with E-state index in [0.29, 0.717) is 23.0 Å². The summed E-state index contributed by atoms with van der Waals surface area (Å²) in [5, 5.41) is 0.365. The van der Waals surface area contributed by atoms with Gasteiger partial charge in [0.1, 0.15) is 11.6 Å². The van der Waals surface area contributed by atoms with Crippen molar-refractivity contribution < 1.29 is 22.3 Å². The molecule has 0 atom stereocenters. The third-order valence-electron chi connectivity index (χ3n) is 4.03. The van der Waals surface area contributed by atoms with Gasteiger partial charge in [-0.15, -0.1) is 0 Å². The van der Waals surface area contributed by atoms with Crippen molar-refractivity contribution in [1.82, 2.24) is 4.98 Å². The average Bonchev–Trinajstić information content (AvgIpc) is 2.55. The predicted molar refractivity (Wildman–Crippen MR) is 91.3 cm³/mol. The molecule has 0 bridgehead atoms. The Morgan fingerprint density at radius 3 is 2.42 bits per heavy atom. The Hall–Kier alpha value is -2.54. The molecule has 0 aliphatic carbocycles. The zero-order chi connectivity index (χ0) is 19.2. The van der Waals surface area contributed by atoms with E-state index in [1.165, 1.54) is 26.2 Å².